The van der Waals surface area contributed by atoms with Crippen molar-refractivity contribution >= 4 is 0 Å². The minimum Gasteiger partial charge on any atom is -0.497 e. The van der Waals surface area contributed by atoms with E-state index in [4.69, 9.17) is 18.9 Å². The van der Waals surface area contributed by atoms with Gasteiger partial charge in [-0.05, 0) is 24.6 Å². The minimum absolute atomic E-state index is 0.163. The summed E-state index contributed by atoms with van der Waals surface area (Å²) >= 11 is 0. The summed E-state index contributed by atoms with van der Waals surface area (Å²) in [6.45, 7) is 3.82. The molecule has 1 saturated heterocycles. The molecule has 0 bridgehead atoms. The number of hydrogen-bond acceptors (Lipinski definition) is 5. The maximum Gasteiger partial charge on any atom is 0.122 e. The molecule has 0 aliphatic carbocycles. The lowest BCUT2D eigenvalue weighted by Crippen LogP contribution is -2.41. The SMILES string of the molecule is COc1ccc(OC)c(CCOCC2CNCCO2)c1. The molecule has 0 radical (unpaired) electrons. The van der Waals surface area contributed by atoms with Gasteiger partial charge >= 0.3 is 0 Å². The molecule has 1 aliphatic heterocycles. The van der Waals surface area contributed by atoms with E-state index >= 15 is 0 Å². The number of rotatable bonds is 7. The summed E-state index contributed by atoms with van der Waals surface area (Å²) in [5, 5.41) is 3.29. The summed E-state index contributed by atoms with van der Waals surface area (Å²) in [6, 6.07) is 5.80. The van der Waals surface area contributed by atoms with E-state index in [1.165, 1.54) is 0 Å². The van der Waals surface area contributed by atoms with E-state index in [9.17, 15) is 0 Å². The lowest BCUT2D eigenvalue weighted by molar-refractivity contribution is -0.0307. The maximum atomic E-state index is 5.69. The molecule has 0 amide bonds. The third-order valence-corrected chi connectivity index (χ3v) is 3.31. The highest BCUT2D eigenvalue weighted by atomic mass is 16.5. The molecule has 5 nitrogen and oxygen atoms in total. The maximum absolute atomic E-state index is 5.69. The van der Waals surface area contributed by atoms with Crippen LogP contribution in [0, 0.1) is 0 Å². The molecule has 1 aromatic rings. The van der Waals surface area contributed by atoms with Gasteiger partial charge in [-0.15, -0.1) is 0 Å². The van der Waals surface area contributed by atoms with E-state index in [2.05, 4.69) is 5.32 Å². The zero-order valence-corrected chi connectivity index (χ0v) is 12.2. The molecule has 1 atom stereocenters. The predicted octanol–water partition coefficient (Wildman–Crippen LogP) is 1.25. The van der Waals surface area contributed by atoms with Gasteiger partial charge in [0.2, 0.25) is 0 Å². The molecular weight excluding hydrogens is 258 g/mol. The van der Waals surface area contributed by atoms with E-state index in [0.29, 0.717) is 13.2 Å². The molecule has 1 aromatic carbocycles. The Morgan fingerprint density at radius 1 is 1.30 bits per heavy atom. The minimum atomic E-state index is 0.163. The van der Waals surface area contributed by atoms with Gasteiger partial charge in [-0.2, -0.15) is 0 Å². The van der Waals surface area contributed by atoms with Crippen LogP contribution in [0.5, 0.6) is 11.5 Å². The quantitative estimate of drug-likeness (QED) is 0.762. The van der Waals surface area contributed by atoms with Crippen molar-refractivity contribution in [2.45, 2.75) is 12.5 Å². The second-order valence-electron chi connectivity index (χ2n) is 4.70. The van der Waals surface area contributed by atoms with Crippen LogP contribution < -0.4 is 14.8 Å². The molecule has 5 heteroatoms. The Hall–Kier alpha value is -1.30. The van der Waals surface area contributed by atoms with Gasteiger partial charge in [0.15, 0.2) is 0 Å². The first kappa shape index (κ1) is 15.1. The monoisotopic (exact) mass is 281 g/mol. The highest BCUT2D eigenvalue weighted by molar-refractivity contribution is 5.40. The molecule has 1 unspecified atom stereocenters. The van der Waals surface area contributed by atoms with E-state index in [1.807, 2.05) is 18.2 Å². The first-order chi connectivity index (χ1) is 9.83. The van der Waals surface area contributed by atoms with Crippen LogP contribution in [-0.2, 0) is 15.9 Å². The van der Waals surface area contributed by atoms with Gasteiger partial charge in [-0.1, -0.05) is 0 Å². The number of nitrogens with one attached hydrogen (secondary N) is 1. The van der Waals surface area contributed by atoms with Crippen molar-refractivity contribution < 1.29 is 18.9 Å². The van der Waals surface area contributed by atoms with Gasteiger partial charge in [-0.25, -0.2) is 0 Å². The van der Waals surface area contributed by atoms with Crippen LogP contribution >= 0.6 is 0 Å². The summed E-state index contributed by atoms with van der Waals surface area (Å²) in [4.78, 5) is 0. The Kier molecular flexibility index (Phi) is 6.11. The van der Waals surface area contributed by atoms with Crippen LogP contribution in [0.2, 0.25) is 0 Å². The number of ether oxygens (including phenoxy) is 4. The van der Waals surface area contributed by atoms with Crippen molar-refractivity contribution in [3.8, 4) is 11.5 Å². The van der Waals surface area contributed by atoms with Crippen LogP contribution in [0.15, 0.2) is 18.2 Å². The molecular formula is C15H23NO4. The first-order valence-corrected chi connectivity index (χ1v) is 6.94. The second-order valence-corrected chi connectivity index (χ2v) is 4.70. The fourth-order valence-corrected chi connectivity index (χ4v) is 2.20. The number of methoxy groups -OCH3 is 2. The average Bonchev–Trinajstić information content (AvgIpc) is 2.52. The smallest absolute Gasteiger partial charge is 0.122 e. The Bertz CT molecular complexity index is 405. The van der Waals surface area contributed by atoms with E-state index in [-0.39, 0.29) is 6.10 Å². The molecule has 0 saturated carbocycles. The highest BCUT2D eigenvalue weighted by Gasteiger charge is 2.13. The molecule has 1 heterocycles. The summed E-state index contributed by atoms with van der Waals surface area (Å²) in [6.07, 6.45) is 0.955. The zero-order chi connectivity index (χ0) is 14.2. The lowest BCUT2D eigenvalue weighted by atomic mass is 10.1. The summed E-state index contributed by atoms with van der Waals surface area (Å²) < 4.78 is 21.8. The lowest BCUT2D eigenvalue weighted by Gasteiger charge is -2.23. The van der Waals surface area contributed by atoms with Crippen LogP contribution in [-0.4, -0.2) is 53.2 Å². The molecule has 0 spiro atoms. The van der Waals surface area contributed by atoms with Crippen molar-refractivity contribution in [1.82, 2.24) is 5.32 Å². The standard InChI is InChI=1S/C15H23NO4/c1-17-13-3-4-15(18-2)12(9-13)5-7-19-11-14-10-16-6-8-20-14/h3-4,9,14,16H,5-8,10-11H2,1-2H3. The Labute approximate surface area is 120 Å². The van der Waals surface area contributed by atoms with Crippen LogP contribution in [0.4, 0.5) is 0 Å². The van der Waals surface area contributed by atoms with Crippen molar-refractivity contribution in [3.05, 3.63) is 23.8 Å². The largest absolute Gasteiger partial charge is 0.497 e. The highest BCUT2D eigenvalue weighted by Crippen LogP contribution is 2.24. The average molecular weight is 281 g/mol. The van der Waals surface area contributed by atoms with Gasteiger partial charge in [-0.3, -0.25) is 0 Å². The number of morpholine rings is 1. The van der Waals surface area contributed by atoms with Crippen molar-refractivity contribution in [3.63, 3.8) is 0 Å². The van der Waals surface area contributed by atoms with Gasteiger partial charge in [0, 0.05) is 18.7 Å². The van der Waals surface area contributed by atoms with Crippen LogP contribution in [0.1, 0.15) is 5.56 Å². The summed E-state index contributed by atoms with van der Waals surface area (Å²) in [7, 11) is 3.34. The normalized spacial score (nSPS) is 18.8. The topological polar surface area (TPSA) is 49.0 Å². The summed E-state index contributed by atoms with van der Waals surface area (Å²) in [5.41, 5.74) is 1.09. The second kappa shape index (κ2) is 8.09. The Morgan fingerprint density at radius 3 is 2.90 bits per heavy atom. The molecule has 0 aromatic heterocycles. The van der Waals surface area contributed by atoms with Gasteiger partial charge in [0.1, 0.15) is 11.5 Å². The van der Waals surface area contributed by atoms with E-state index < -0.39 is 0 Å². The van der Waals surface area contributed by atoms with Crippen molar-refractivity contribution in [1.29, 1.82) is 0 Å². The van der Waals surface area contributed by atoms with Gasteiger partial charge in [0.25, 0.3) is 0 Å². The molecule has 1 N–H and O–H groups in total. The van der Waals surface area contributed by atoms with Crippen LogP contribution in [0.3, 0.4) is 0 Å². The third kappa shape index (κ3) is 4.37. The number of hydrogen-bond donors (Lipinski definition) is 1. The molecule has 2 rings (SSSR count). The number of benzene rings is 1. The van der Waals surface area contributed by atoms with Crippen LogP contribution in [0.25, 0.3) is 0 Å². The van der Waals surface area contributed by atoms with E-state index in [0.717, 1.165) is 43.2 Å². The Balaban J connectivity index is 1.77. The fourth-order valence-electron chi connectivity index (χ4n) is 2.20. The van der Waals surface area contributed by atoms with Crippen molar-refractivity contribution in [2.24, 2.45) is 0 Å². The van der Waals surface area contributed by atoms with E-state index in [1.54, 1.807) is 14.2 Å². The molecule has 20 heavy (non-hydrogen) atoms. The fraction of sp³-hybridized carbons (Fsp3) is 0.600. The van der Waals surface area contributed by atoms with Gasteiger partial charge in [0.05, 0.1) is 40.1 Å². The molecule has 1 aliphatic rings. The molecule has 1 fully saturated rings. The van der Waals surface area contributed by atoms with Gasteiger partial charge < -0.3 is 24.3 Å². The zero-order valence-electron chi connectivity index (χ0n) is 12.2. The molecule has 112 valence electrons. The third-order valence-electron chi connectivity index (χ3n) is 3.31. The Morgan fingerprint density at radius 2 is 2.20 bits per heavy atom. The first-order valence-electron chi connectivity index (χ1n) is 6.94. The van der Waals surface area contributed by atoms with Crippen molar-refractivity contribution in [2.75, 3.05) is 47.1 Å². The predicted molar refractivity (Wildman–Crippen MR) is 76.7 cm³/mol. The summed E-state index contributed by atoms with van der Waals surface area (Å²) in [5.74, 6) is 1.70.